The second-order valence-electron chi connectivity index (χ2n) is 3.71. The number of nitrogens with zero attached hydrogens (tertiary/aromatic N) is 2. The number of nitrogen functional groups attached to an aromatic ring is 1. The molecule has 0 aliphatic heterocycles. The Hall–Kier alpha value is -2.49. The first-order chi connectivity index (χ1) is 8.34. The van der Waals surface area contributed by atoms with Crippen molar-refractivity contribution < 1.29 is 4.84 Å². The molecule has 3 rings (SSSR count). The molecule has 4 heteroatoms. The van der Waals surface area contributed by atoms with Gasteiger partial charge in [-0.25, -0.2) is 0 Å². The highest BCUT2D eigenvalue weighted by Crippen LogP contribution is 2.21. The number of hydrogen-bond donors (Lipinski definition) is 1. The molecule has 1 aromatic heterocycles. The molecule has 0 saturated heterocycles. The molecule has 0 radical (unpaired) electrons. The van der Waals surface area contributed by atoms with Crippen molar-refractivity contribution >= 4 is 16.6 Å². The van der Waals surface area contributed by atoms with Gasteiger partial charge in [-0.05, 0) is 18.2 Å². The van der Waals surface area contributed by atoms with E-state index in [-0.39, 0.29) is 0 Å². The van der Waals surface area contributed by atoms with Crippen LogP contribution in [0.5, 0.6) is 5.75 Å². The highest BCUT2D eigenvalue weighted by Gasteiger charge is 2.06. The maximum absolute atomic E-state index is 5.91. The Balaban J connectivity index is 2.07. The maximum atomic E-state index is 5.91. The molecule has 84 valence electrons. The summed E-state index contributed by atoms with van der Waals surface area (Å²) in [6, 6.07) is 15.2. The molecule has 0 atom stereocenters. The third kappa shape index (κ3) is 1.69. The van der Waals surface area contributed by atoms with Gasteiger partial charge in [0.2, 0.25) is 0 Å². The van der Waals surface area contributed by atoms with Crippen LogP contribution in [0.15, 0.2) is 54.7 Å². The molecule has 2 aromatic carbocycles. The molecule has 0 spiro atoms. The summed E-state index contributed by atoms with van der Waals surface area (Å²) in [4.78, 5) is 7.08. The normalized spacial score (nSPS) is 10.6. The second kappa shape index (κ2) is 3.83. The van der Waals surface area contributed by atoms with Crippen LogP contribution >= 0.6 is 0 Å². The van der Waals surface area contributed by atoms with Crippen LogP contribution in [0, 0.1) is 0 Å². The number of rotatable bonds is 2. The smallest absolute Gasteiger partial charge is 0.157 e. The van der Waals surface area contributed by atoms with Gasteiger partial charge in [0, 0.05) is 5.39 Å². The molecule has 0 aliphatic rings. The lowest BCUT2D eigenvalue weighted by Gasteiger charge is -2.06. The highest BCUT2D eigenvalue weighted by molar-refractivity contribution is 5.89. The lowest BCUT2D eigenvalue weighted by Crippen LogP contribution is -2.07. The minimum absolute atomic E-state index is 0.649. The number of para-hydroxylation sites is 2. The van der Waals surface area contributed by atoms with Crippen LogP contribution in [0.1, 0.15) is 0 Å². The number of aromatic nitrogens is 2. The van der Waals surface area contributed by atoms with Crippen molar-refractivity contribution in [2.75, 3.05) is 5.73 Å². The van der Waals surface area contributed by atoms with Crippen molar-refractivity contribution in [3.63, 3.8) is 0 Å². The van der Waals surface area contributed by atoms with Crippen LogP contribution < -0.4 is 10.6 Å². The molecule has 0 aliphatic carbocycles. The van der Waals surface area contributed by atoms with E-state index in [1.807, 2.05) is 48.5 Å². The first-order valence-electron chi connectivity index (χ1n) is 5.30. The van der Waals surface area contributed by atoms with Crippen LogP contribution in [0.2, 0.25) is 0 Å². The van der Waals surface area contributed by atoms with E-state index in [0.717, 1.165) is 16.7 Å². The Kier molecular flexibility index (Phi) is 2.19. The predicted molar refractivity (Wildman–Crippen MR) is 66.6 cm³/mol. The average molecular weight is 225 g/mol. The molecule has 4 nitrogen and oxygen atoms in total. The third-order valence-corrected chi connectivity index (χ3v) is 2.53. The van der Waals surface area contributed by atoms with Gasteiger partial charge in [-0.15, -0.1) is 5.10 Å². The van der Waals surface area contributed by atoms with Crippen LogP contribution in [-0.4, -0.2) is 9.94 Å². The number of anilines is 1. The van der Waals surface area contributed by atoms with Gasteiger partial charge in [-0.2, -0.15) is 0 Å². The lowest BCUT2D eigenvalue weighted by molar-refractivity contribution is 0.191. The lowest BCUT2D eigenvalue weighted by atomic mass is 10.2. The van der Waals surface area contributed by atoms with Crippen LogP contribution in [0.3, 0.4) is 0 Å². The first kappa shape index (κ1) is 9.72. The Morgan fingerprint density at radius 3 is 2.65 bits per heavy atom. The van der Waals surface area contributed by atoms with Crippen molar-refractivity contribution in [1.82, 2.24) is 9.94 Å². The topological polar surface area (TPSA) is 53.1 Å². The first-order valence-corrected chi connectivity index (χ1v) is 5.30. The SMILES string of the molecule is Nc1cccc2cnn(Oc3ccccc3)c12. The molecule has 2 N–H and O–H groups in total. The van der Waals surface area contributed by atoms with E-state index in [9.17, 15) is 0 Å². The molecule has 17 heavy (non-hydrogen) atoms. The van der Waals surface area contributed by atoms with E-state index in [1.165, 1.54) is 4.85 Å². The largest absolute Gasteiger partial charge is 0.397 e. The number of nitrogens with two attached hydrogens (primary N) is 1. The van der Waals surface area contributed by atoms with E-state index < -0.39 is 0 Å². The highest BCUT2D eigenvalue weighted by atomic mass is 16.7. The molecule has 1 heterocycles. The molecular formula is C13H11N3O. The zero-order valence-electron chi connectivity index (χ0n) is 9.08. The van der Waals surface area contributed by atoms with Gasteiger partial charge in [0.15, 0.2) is 5.75 Å². The molecule has 0 amide bonds. The Bertz CT molecular complexity index is 646. The van der Waals surface area contributed by atoms with Crippen molar-refractivity contribution in [1.29, 1.82) is 0 Å². The minimum Gasteiger partial charge on any atom is -0.397 e. The molecule has 0 fully saturated rings. The van der Waals surface area contributed by atoms with Gasteiger partial charge in [-0.3, -0.25) is 0 Å². The van der Waals surface area contributed by atoms with Crippen LogP contribution in [0.25, 0.3) is 10.9 Å². The summed E-state index contributed by atoms with van der Waals surface area (Å²) in [6.45, 7) is 0. The predicted octanol–water partition coefficient (Wildman–Crippen LogP) is 2.46. The van der Waals surface area contributed by atoms with Gasteiger partial charge in [0.05, 0.1) is 11.9 Å². The molecule has 0 saturated carbocycles. The van der Waals surface area contributed by atoms with Gasteiger partial charge in [0.25, 0.3) is 0 Å². The molecule has 0 unspecified atom stereocenters. The number of fused-ring (bicyclic) bond motifs is 1. The zero-order valence-corrected chi connectivity index (χ0v) is 9.08. The van der Waals surface area contributed by atoms with E-state index in [2.05, 4.69) is 5.10 Å². The number of hydrogen-bond acceptors (Lipinski definition) is 3. The van der Waals surface area contributed by atoms with Gasteiger partial charge >= 0.3 is 0 Å². The third-order valence-electron chi connectivity index (χ3n) is 2.53. The van der Waals surface area contributed by atoms with E-state index in [1.54, 1.807) is 6.20 Å². The number of benzene rings is 2. The molecular weight excluding hydrogens is 214 g/mol. The van der Waals surface area contributed by atoms with Gasteiger partial charge in [-0.1, -0.05) is 35.2 Å². The standard InChI is InChI=1S/C13H11N3O/c14-12-8-4-5-10-9-15-16(13(10)12)17-11-6-2-1-3-7-11/h1-9H,14H2. The Labute approximate surface area is 98.2 Å². The fourth-order valence-electron chi connectivity index (χ4n) is 1.73. The summed E-state index contributed by atoms with van der Waals surface area (Å²) in [5, 5.41) is 5.13. The quantitative estimate of drug-likeness (QED) is 0.681. The maximum Gasteiger partial charge on any atom is 0.157 e. The van der Waals surface area contributed by atoms with E-state index in [4.69, 9.17) is 10.6 Å². The van der Waals surface area contributed by atoms with Crippen molar-refractivity contribution in [2.24, 2.45) is 0 Å². The van der Waals surface area contributed by atoms with Crippen molar-refractivity contribution in [3.8, 4) is 5.75 Å². The summed E-state index contributed by atoms with van der Waals surface area (Å²) >= 11 is 0. The molecule has 0 bridgehead atoms. The fraction of sp³-hybridized carbons (Fsp3) is 0. The van der Waals surface area contributed by atoms with Crippen LogP contribution in [-0.2, 0) is 0 Å². The van der Waals surface area contributed by atoms with E-state index >= 15 is 0 Å². The summed E-state index contributed by atoms with van der Waals surface area (Å²) in [6.07, 6.45) is 1.73. The second-order valence-corrected chi connectivity index (χ2v) is 3.71. The van der Waals surface area contributed by atoms with Crippen LogP contribution in [0.4, 0.5) is 5.69 Å². The summed E-state index contributed by atoms with van der Waals surface area (Å²) in [5.74, 6) is 0.723. The summed E-state index contributed by atoms with van der Waals surface area (Å²) in [7, 11) is 0. The zero-order chi connectivity index (χ0) is 11.7. The molecule has 3 aromatic rings. The van der Waals surface area contributed by atoms with Gasteiger partial charge < -0.3 is 10.6 Å². The van der Waals surface area contributed by atoms with Crippen molar-refractivity contribution in [3.05, 3.63) is 54.7 Å². The Morgan fingerprint density at radius 1 is 1.00 bits per heavy atom. The fourth-order valence-corrected chi connectivity index (χ4v) is 1.73. The monoisotopic (exact) mass is 225 g/mol. The Morgan fingerprint density at radius 2 is 1.82 bits per heavy atom. The summed E-state index contributed by atoms with van der Waals surface area (Å²) in [5.41, 5.74) is 7.35. The minimum atomic E-state index is 0.649. The van der Waals surface area contributed by atoms with Gasteiger partial charge in [0.1, 0.15) is 5.52 Å². The van der Waals surface area contributed by atoms with Crippen molar-refractivity contribution in [2.45, 2.75) is 0 Å². The summed E-state index contributed by atoms with van der Waals surface area (Å²) < 4.78 is 0. The average Bonchev–Trinajstić information content (AvgIpc) is 2.75. The van der Waals surface area contributed by atoms with E-state index in [0.29, 0.717) is 5.69 Å².